The lowest BCUT2D eigenvalue weighted by Crippen LogP contribution is -2.29. The van der Waals surface area contributed by atoms with Gasteiger partial charge in [0.25, 0.3) is 5.56 Å². The van der Waals surface area contributed by atoms with E-state index >= 15 is 0 Å². The normalized spacial score (nSPS) is 10.0. The zero-order valence-corrected chi connectivity index (χ0v) is 52.3. The molecule has 0 saturated carbocycles. The largest absolute Gasteiger partial charge is 0.506 e. The lowest BCUT2D eigenvalue weighted by Gasteiger charge is -2.10. The second-order valence-corrected chi connectivity index (χ2v) is 19.6. The minimum absolute atomic E-state index is 0.0121. The first kappa shape index (κ1) is 68.0. The minimum atomic E-state index is -1.38. The van der Waals surface area contributed by atoms with Gasteiger partial charge in [0.15, 0.2) is 0 Å². The number of nitriles is 1. The van der Waals surface area contributed by atoms with Crippen molar-refractivity contribution in [1.29, 1.82) is 5.26 Å². The highest BCUT2D eigenvalue weighted by Crippen LogP contribution is 2.34. The fourth-order valence-corrected chi connectivity index (χ4v) is 8.34. The molecule has 0 aliphatic carbocycles. The van der Waals surface area contributed by atoms with Gasteiger partial charge in [0.2, 0.25) is 23.8 Å². The summed E-state index contributed by atoms with van der Waals surface area (Å²) in [4.78, 5) is 70.6. The van der Waals surface area contributed by atoms with E-state index in [1.807, 2.05) is 36.4 Å². The van der Waals surface area contributed by atoms with Gasteiger partial charge in [0.1, 0.15) is 76.1 Å². The van der Waals surface area contributed by atoms with Crippen LogP contribution in [0.1, 0.15) is 6.92 Å². The molecule has 0 aliphatic rings. The molecule has 12 N–H and O–H groups in total. The van der Waals surface area contributed by atoms with Gasteiger partial charge in [-0.25, -0.2) is 54.8 Å². The van der Waals surface area contributed by atoms with E-state index in [4.69, 9.17) is 87.3 Å². The number of aromatic hydroxyl groups is 1. The van der Waals surface area contributed by atoms with Gasteiger partial charge in [0, 0.05) is 79.5 Å². The van der Waals surface area contributed by atoms with E-state index in [9.17, 15) is 9.90 Å². The number of hydrogen-bond donors (Lipinski definition) is 8. The quantitative estimate of drug-likeness (QED) is 0.0361. The van der Waals surface area contributed by atoms with Crippen molar-refractivity contribution in [3.05, 3.63) is 181 Å². The first-order valence-electron chi connectivity index (χ1n) is 25.0. The van der Waals surface area contributed by atoms with E-state index in [-0.39, 0.29) is 50.6 Å². The van der Waals surface area contributed by atoms with E-state index in [0.29, 0.717) is 83.2 Å². The number of hydrogen-bond acceptors (Lipinski definition) is 26. The number of nitrogens with two attached hydrogens (primary N) is 4. The first-order chi connectivity index (χ1) is 42.7. The molecule has 11 heterocycles. The number of halogens is 5. The maximum atomic E-state index is 11.3. The zero-order chi connectivity index (χ0) is 64.6. The van der Waals surface area contributed by atoms with Crippen LogP contribution in [0.15, 0.2) is 160 Å². The van der Waals surface area contributed by atoms with Crippen molar-refractivity contribution in [2.75, 3.05) is 44.3 Å². The molecule has 0 aliphatic heterocycles. The SMILES string of the molecule is CC#N.COc1ccc(-c2ccncc2)nc1-c1cc(Cl)nc(N)n1.COc1ccc(Br)nc1-c1cc(=O)[nH]c(N)n1.COc1ccc(Br)nc1-c1cc(Cl)nc(N)n1.Nc1nc(Cl)cc(-c2nc(-c3ccncc3)ccc2O)n1.OB(O)c1ccncc1. The Hall–Kier alpha value is -10.1. The van der Waals surface area contributed by atoms with Gasteiger partial charge in [-0.15, -0.1) is 0 Å². The van der Waals surface area contributed by atoms with Crippen LogP contribution in [-0.4, -0.2) is 118 Å². The average molecular weight is 1390 g/mol. The molecule has 0 unspecified atom stereocenters. The fraction of sp³-hybridized carbons (Fsp3) is 0.0714. The van der Waals surface area contributed by atoms with Crippen LogP contribution in [0.2, 0.25) is 15.5 Å². The van der Waals surface area contributed by atoms with Crippen LogP contribution < -0.4 is 48.2 Å². The number of rotatable bonds is 10. The number of methoxy groups -OCH3 is 3. The molecule has 0 amide bonds. The van der Waals surface area contributed by atoms with E-state index in [1.54, 1.807) is 106 Å². The molecule has 0 saturated heterocycles. The van der Waals surface area contributed by atoms with Gasteiger partial charge in [0.05, 0.1) is 55.9 Å². The maximum Gasteiger partial charge on any atom is 0.488 e. The van der Waals surface area contributed by atoms with Crippen molar-refractivity contribution in [3.63, 3.8) is 0 Å². The molecule has 0 bridgehead atoms. The van der Waals surface area contributed by atoms with Gasteiger partial charge >= 0.3 is 7.12 Å². The molecule has 0 radical (unpaired) electrons. The van der Waals surface area contributed by atoms with E-state index in [1.165, 1.54) is 38.6 Å². The topological polar surface area (TPSA) is 430 Å². The highest BCUT2D eigenvalue weighted by atomic mass is 79.9. The molecule has 33 heteroatoms. The van der Waals surface area contributed by atoms with Crippen molar-refractivity contribution >= 4 is 103 Å². The second-order valence-electron chi connectivity index (χ2n) is 16.8. The zero-order valence-electron chi connectivity index (χ0n) is 46.8. The molecule has 0 atom stereocenters. The summed E-state index contributed by atoms with van der Waals surface area (Å²) in [6.07, 6.45) is 9.77. The summed E-state index contributed by atoms with van der Waals surface area (Å²) in [7, 11) is 3.26. The summed E-state index contributed by atoms with van der Waals surface area (Å²) < 4.78 is 17.0. The highest BCUT2D eigenvalue weighted by Gasteiger charge is 2.17. The van der Waals surface area contributed by atoms with E-state index < -0.39 is 7.12 Å². The number of H-pyrrole nitrogens is 1. The van der Waals surface area contributed by atoms with Gasteiger partial charge < -0.3 is 52.3 Å². The van der Waals surface area contributed by atoms with Gasteiger partial charge in [-0.1, -0.05) is 34.8 Å². The predicted molar refractivity (Wildman–Crippen MR) is 345 cm³/mol. The number of aromatic amines is 1. The van der Waals surface area contributed by atoms with Crippen LogP contribution in [0.5, 0.6) is 23.0 Å². The predicted octanol–water partition coefficient (Wildman–Crippen LogP) is 8.41. The molecule has 0 aromatic carbocycles. The number of aromatic nitrogens is 15. The molecule has 11 aromatic rings. The van der Waals surface area contributed by atoms with Crippen molar-refractivity contribution < 1.29 is 29.4 Å². The number of nitrogens with one attached hydrogen (secondary N) is 1. The minimum Gasteiger partial charge on any atom is -0.506 e. The molecular weight excluding hydrogens is 1340 g/mol. The van der Waals surface area contributed by atoms with Crippen LogP contribution >= 0.6 is 66.7 Å². The van der Waals surface area contributed by atoms with E-state index in [2.05, 4.69) is 107 Å². The maximum absolute atomic E-state index is 11.3. The molecule has 0 spiro atoms. The third kappa shape index (κ3) is 20.5. The summed E-state index contributed by atoms with van der Waals surface area (Å²) in [5.41, 5.74) is 29.2. The monoisotopic (exact) mass is 1390 g/mol. The Morgan fingerprint density at radius 3 is 1.20 bits per heavy atom. The van der Waals surface area contributed by atoms with Crippen LogP contribution in [0.3, 0.4) is 0 Å². The molecule has 452 valence electrons. The number of ether oxygens (including phenoxy) is 3. The number of pyridine rings is 7. The lowest BCUT2D eigenvalue weighted by atomic mass is 9.81. The molecule has 89 heavy (non-hydrogen) atoms. The molecular formula is C56H48BBr2Cl3N20O7. The molecule has 11 rings (SSSR count). The molecule has 0 fully saturated rings. The van der Waals surface area contributed by atoms with Gasteiger partial charge in [-0.2, -0.15) is 5.26 Å². The van der Waals surface area contributed by atoms with Crippen LogP contribution in [0.25, 0.3) is 68.1 Å². The summed E-state index contributed by atoms with van der Waals surface area (Å²) >= 11 is 24.2. The van der Waals surface area contributed by atoms with Crippen molar-refractivity contribution in [3.8, 4) is 97.1 Å². The summed E-state index contributed by atoms with van der Waals surface area (Å²) in [5.74, 6) is 1.91. The Labute approximate surface area is 538 Å². The number of nitrogen functional groups attached to an aromatic ring is 4. The third-order valence-electron chi connectivity index (χ3n) is 10.9. The number of anilines is 4. The third-order valence-corrected chi connectivity index (χ3v) is 12.3. The smallest absolute Gasteiger partial charge is 0.488 e. The van der Waals surface area contributed by atoms with Crippen molar-refractivity contribution in [1.82, 2.24) is 74.8 Å². The Morgan fingerprint density at radius 1 is 0.483 bits per heavy atom. The first-order valence-corrected chi connectivity index (χ1v) is 27.8. The highest BCUT2D eigenvalue weighted by molar-refractivity contribution is 9.10. The summed E-state index contributed by atoms with van der Waals surface area (Å²) in [6, 6.07) is 32.2. The van der Waals surface area contributed by atoms with Crippen LogP contribution in [0.4, 0.5) is 23.8 Å². The Bertz CT molecular complexity index is 4200. The van der Waals surface area contributed by atoms with Crippen LogP contribution in [0, 0.1) is 11.3 Å². The van der Waals surface area contributed by atoms with Crippen LogP contribution in [-0.2, 0) is 0 Å². The van der Waals surface area contributed by atoms with Crippen molar-refractivity contribution in [2.24, 2.45) is 0 Å². The van der Waals surface area contributed by atoms with Crippen molar-refractivity contribution in [2.45, 2.75) is 6.92 Å². The number of nitrogens with zero attached hydrogens (tertiary/aromatic N) is 15. The summed E-state index contributed by atoms with van der Waals surface area (Å²) in [5, 5.41) is 35.1. The Balaban J connectivity index is 0.000000179. The summed E-state index contributed by atoms with van der Waals surface area (Å²) in [6.45, 7) is 1.43. The lowest BCUT2D eigenvalue weighted by molar-refractivity contribution is 0.414. The Morgan fingerprint density at radius 2 is 0.831 bits per heavy atom. The Kier molecular flexibility index (Phi) is 25.7. The molecule has 11 aromatic heterocycles. The second kappa shape index (κ2) is 33.7. The standard InChI is InChI=1S/C15H12ClN5O.C14H10ClN5O.C10H8BrClN4O.C10H9BrN4O2.C5H6BNO2.C2H3N/c1-22-12-3-2-10(9-4-6-18-7-5-9)19-14(12)11-8-13(16)21-15(17)20-11;15-12-7-10(19-14(16)20-12)13-11(21)2-1-9(18-13)8-3-5-17-6-4-8;1-17-6-2-3-7(11)15-9(6)5-4-8(12)16-10(13)14-5;1-17-6-2-3-7(11)14-9(6)5-4-8(16)15-10(12)13-5;8-6(9)5-1-3-7-4-2-5;1-2-3/h2-8H,1H3,(H2,17,20,21);1-7,21H,(H2,16,19,20);2-4H,1H3,(H2,13,14,16);2-4H,1H3,(H3,12,13,15,16);1-4,8-9H;1H3. The fourth-order valence-electron chi connectivity index (χ4n) is 7.15. The van der Waals surface area contributed by atoms with Gasteiger partial charge in [-0.05, 0) is 122 Å². The average Bonchev–Trinajstić information content (AvgIpc) is 1.36. The van der Waals surface area contributed by atoms with E-state index in [0.717, 1.165) is 16.8 Å². The van der Waals surface area contributed by atoms with Gasteiger partial charge in [-0.3, -0.25) is 24.7 Å². The molecule has 27 nitrogen and oxygen atoms in total.